The van der Waals surface area contributed by atoms with Crippen molar-refractivity contribution in [2.24, 2.45) is 0 Å². The van der Waals surface area contributed by atoms with Crippen LogP contribution in [0.1, 0.15) is 17.5 Å². The SMILES string of the molecule is O=C(Cc1ccc2c(c1)OCO2)N[C@@H]1COCC[C@@H]1OCc1ccccc1. The fraction of sp³-hybridized carbons (Fsp3) is 0.381. The van der Waals surface area contributed by atoms with Gasteiger partial charge in [-0.25, -0.2) is 0 Å². The Hall–Kier alpha value is -2.57. The van der Waals surface area contributed by atoms with Crippen LogP contribution in [0, 0.1) is 0 Å². The van der Waals surface area contributed by atoms with E-state index in [0.717, 1.165) is 17.5 Å². The van der Waals surface area contributed by atoms with Gasteiger partial charge in [-0.1, -0.05) is 36.4 Å². The molecule has 2 heterocycles. The molecule has 0 radical (unpaired) electrons. The van der Waals surface area contributed by atoms with Gasteiger partial charge in [-0.2, -0.15) is 0 Å². The molecule has 1 saturated heterocycles. The number of hydrogen-bond donors (Lipinski definition) is 1. The maximum atomic E-state index is 12.5. The Bertz CT molecular complexity index is 779. The Balaban J connectivity index is 1.32. The van der Waals surface area contributed by atoms with Crippen molar-refractivity contribution in [2.75, 3.05) is 20.0 Å². The van der Waals surface area contributed by atoms with Crippen molar-refractivity contribution < 1.29 is 23.7 Å². The van der Waals surface area contributed by atoms with Crippen LogP contribution >= 0.6 is 0 Å². The van der Waals surface area contributed by atoms with Crippen LogP contribution in [-0.2, 0) is 27.3 Å². The van der Waals surface area contributed by atoms with E-state index in [1.54, 1.807) is 0 Å². The molecule has 6 nitrogen and oxygen atoms in total. The molecule has 2 aliphatic rings. The first-order chi connectivity index (χ1) is 13.3. The summed E-state index contributed by atoms with van der Waals surface area (Å²) < 4.78 is 22.3. The molecular weight excluding hydrogens is 346 g/mol. The van der Waals surface area contributed by atoms with Gasteiger partial charge in [-0.05, 0) is 29.7 Å². The Morgan fingerprint density at radius 2 is 1.93 bits per heavy atom. The number of hydrogen-bond acceptors (Lipinski definition) is 5. The summed E-state index contributed by atoms with van der Waals surface area (Å²) >= 11 is 0. The molecule has 0 aliphatic carbocycles. The average Bonchev–Trinajstić information content (AvgIpc) is 3.16. The molecule has 1 amide bonds. The maximum Gasteiger partial charge on any atom is 0.231 e. The molecule has 4 rings (SSSR count). The number of ether oxygens (including phenoxy) is 4. The Kier molecular flexibility index (Phi) is 5.55. The van der Waals surface area contributed by atoms with Gasteiger partial charge in [0.15, 0.2) is 11.5 Å². The smallest absolute Gasteiger partial charge is 0.231 e. The lowest BCUT2D eigenvalue weighted by Gasteiger charge is -2.32. The van der Waals surface area contributed by atoms with Gasteiger partial charge in [0.1, 0.15) is 0 Å². The number of carbonyl (C=O) groups is 1. The minimum atomic E-state index is -0.149. The summed E-state index contributed by atoms with van der Waals surface area (Å²) in [5.74, 6) is 1.34. The number of amides is 1. The number of fused-ring (bicyclic) bond motifs is 1. The van der Waals surface area contributed by atoms with E-state index >= 15 is 0 Å². The lowest BCUT2D eigenvalue weighted by Crippen LogP contribution is -2.50. The van der Waals surface area contributed by atoms with Crippen molar-refractivity contribution in [3.8, 4) is 11.5 Å². The molecule has 27 heavy (non-hydrogen) atoms. The largest absolute Gasteiger partial charge is 0.454 e. The molecule has 2 atom stereocenters. The van der Waals surface area contributed by atoms with Crippen LogP contribution in [0.3, 0.4) is 0 Å². The normalized spacial score (nSPS) is 21.0. The summed E-state index contributed by atoms with van der Waals surface area (Å²) in [6, 6.07) is 15.5. The molecule has 2 aromatic rings. The highest BCUT2D eigenvalue weighted by atomic mass is 16.7. The molecule has 0 aromatic heterocycles. The zero-order chi connectivity index (χ0) is 18.5. The zero-order valence-electron chi connectivity index (χ0n) is 15.1. The fourth-order valence-electron chi connectivity index (χ4n) is 3.32. The average molecular weight is 369 g/mol. The van der Waals surface area contributed by atoms with Crippen molar-refractivity contribution in [2.45, 2.75) is 31.6 Å². The molecule has 0 bridgehead atoms. The first-order valence-electron chi connectivity index (χ1n) is 9.19. The molecule has 0 spiro atoms. The standard InChI is InChI=1S/C21H23NO5/c23-21(11-16-6-7-19-20(10-16)27-14-26-19)22-17-13-24-9-8-18(17)25-12-15-4-2-1-3-5-15/h1-7,10,17-18H,8-9,11-14H2,(H,22,23)/t17-,18+/m1/s1. The van der Waals surface area contributed by atoms with Gasteiger partial charge in [-0.3, -0.25) is 4.79 Å². The second kappa shape index (κ2) is 8.41. The van der Waals surface area contributed by atoms with Crippen molar-refractivity contribution in [1.29, 1.82) is 0 Å². The van der Waals surface area contributed by atoms with Gasteiger partial charge < -0.3 is 24.3 Å². The summed E-state index contributed by atoms with van der Waals surface area (Å²) in [5.41, 5.74) is 2.00. The molecule has 2 aliphatic heterocycles. The molecule has 0 unspecified atom stereocenters. The molecule has 2 aromatic carbocycles. The maximum absolute atomic E-state index is 12.5. The second-order valence-corrected chi connectivity index (χ2v) is 6.74. The van der Waals surface area contributed by atoms with Crippen LogP contribution in [0.4, 0.5) is 0 Å². The topological polar surface area (TPSA) is 66.0 Å². The van der Waals surface area contributed by atoms with E-state index < -0.39 is 0 Å². The van der Waals surface area contributed by atoms with Crippen LogP contribution in [0.15, 0.2) is 48.5 Å². The number of benzene rings is 2. The molecular formula is C21H23NO5. The lowest BCUT2D eigenvalue weighted by atomic mass is 10.1. The minimum absolute atomic E-state index is 0.0559. The summed E-state index contributed by atoms with van der Waals surface area (Å²) in [7, 11) is 0. The third-order valence-corrected chi connectivity index (χ3v) is 4.75. The van der Waals surface area contributed by atoms with E-state index in [-0.39, 0.29) is 31.3 Å². The number of carbonyl (C=O) groups excluding carboxylic acids is 1. The second-order valence-electron chi connectivity index (χ2n) is 6.74. The van der Waals surface area contributed by atoms with Crippen LogP contribution in [0.2, 0.25) is 0 Å². The van der Waals surface area contributed by atoms with E-state index in [0.29, 0.717) is 31.3 Å². The van der Waals surface area contributed by atoms with Crippen LogP contribution < -0.4 is 14.8 Å². The van der Waals surface area contributed by atoms with Crippen LogP contribution in [0.25, 0.3) is 0 Å². The highest BCUT2D eigenvalue weighted by Crippen LogP contribution is 2.32. The quantitative estimate of drug-likeness (QED) is 0.847. The third kappa shape index (κ3) is 4.59. The Morgan fingerprint density at radius 1 is 1.07 bits per heavy atom. The van der Waals surface area contributed by atoms with Crippen LogP contribution in [-0.4, -0.2) is 38.1 Å². The summed E-state index contributed by atoms with van der Waals surface area (Å²) in [6.45, 7) is 1.87. The van der Waals surface area contributed by atoms with E-state index in [1.165, 1.54) is 0 Å². The molecule has 6 heteroatoms. The van der Waals surface area contributed by atoms with Gasteiger partial charge in [0.05, 0.1) is 31.8 Å². The fourth-order valence-corrected chi connectivity index (χ4v) is 3.32. The van der Waals surface area contributed by atoms with E-state index in [4.69, 9.17) is 18.9 Å². The molecule has 142 valence electrons. The van der Waals surface area contributed by atoms with Gasteiger partial charge in [-0.15, -0.1) is 0 Å². The highest BCUT2D eigenvalue weighted by molar-refractivity contribution is 5.79. The van der Waals surface area contributed by atoms with Crippen molar-refractivity contribution in [3.05, 3.63) is 59.7 Å². The molecule has 1 fully saturated rings. The predicted molar refractivity (Wildman–Crippen MR) is 98.7 cm³/mol. The third-order valence-electron chi connectivity index (χ3n) is 4.75. The first kappa shape index (κ1) is 17.8. The van der Waals surface area contributed by atoms with E-state index in [1.807, 2.05) is 48.5 Å². The van der Waals surface area contributed by atoms with Gasteiger partial charge in [0.25, 0.3) is 0 Å². The van der Waals surface area contributed by atoms with E-state index in [9.17, 15) is 4.79 Å². The summed E-state index contributed by atoms with van der Waals surface area (Å²) in [6.07, 6.45) is 0.986. The zero-order valence-corrected chi connectivity index (χ0v) is 15.1. The highest BCUT2D eigenvalue weighted by Gasteiger charge is 2.28. The minimum Gasteiger partial charge on any atom is -0.454 e. The molecule has 1 N–H and O–H groups in total. The van der Waals surface area contributed by atoms with Gasteiger partial charge in [0.2, 0.25) is 12.7 Å². The van der Waals surface area contributed by atoms with Crippen molar-refractivity contribution in [3.63, 3.8) is 0 Å². The van der Waals surface area contributed by atoms with Crippen LogP contribution in [0.5, 0.6) is 11.5 Å². The summed E-state index contributed by atoms with van der Waals surface area (Å²) in [5, 5.41) is 3.06. The molecule has 0 saturated carbocycles. The lowest BCUT2D eigenvalue weighted by molar-refractivity contribution is -0.125. The first-order valence-corrected chi connectivity index (χ1v) is 9.19. The number of nitrogens with one attached hydrogen (secondary N) is 1. The summed E-state index contributed by atoms with van der Waals surface area (Å²) in [4.78, 5) is 12.5. The number of rotatable bonds is 6. The van der Waals surface area contributed by atoms with E-state index in [2.05, 4.69) is 5.32 Å². The monoisotopic (exact) mass is 369 g/mol. The Labute approximate surface area is 158 Å². The van der Waals surface area contributed by atoms with Gasteiger partial charge >= 0.3 is 0 Å². The predicted octanol–water partition coefficient (Wildman–Crippen LogP) is 2.45. The van der Waals surface area contributed by atoms with Crippen molar-refractivity contribution >= 4 is 5.91 Å². The Morgan fingerprint density at radius 3 is 2.81 bits per heavy atom. The van der Waals surface area contributed by atoms with Gasteiger partial charge in [0, 0.05) is 6.61 Å². The van der Waals surface area contributed by atoms with Crippen molar-refractivity contribution in [1.82, 2.24) is 5.32 Å².